The topological polar surface area (TPSA) is 90.7 Å². The molecule has 2 heterocycles. The van der Waals surface area contributed by atoms with Gasteiger partial charge in [-0.25, -0.2) is 9.78 Å². The molecule has 0 saturated carbocycles. The number of rotatable bonds is 3. The minimum absolute atomic E-state index is 0.272. The van der Waals surface area contributed by atoms with Crippen molar-refractivity contribution in [2.75, 3.05) is 11.9 Å². The van der Waals surface area contributed by atoms with Crippen molar-refractivity contribution in [3.8, 4) is 17.3 Å². The number of pyridine rings is 1. The summed E-state index contributed by atoms with van der Waals surface area (Å²) in [7, 11) is 0. The summed E-state index contributed by atoms with van der Waals surface area (Å²) in [4.78, 5) is 20.5. The van der Waals surface area contributed by atoms with Crippen LogP contribution in [0.25, 0.3) is 21.5 Å². The molecule has 2 aromatic heterocycles. The quantitative estimate of drug-likeness (QED) is 0.763. The molecule has 120 valence electrons. The van der Waals surface area contributed by atoms with E-state index in [-0.39, 0.29) is 6.03 Å². The molecular weight excluding hydrogens is 322 g/mol. The zero-order chi connectivity index (χ0) is 17.1. The first-order valence-electron chi connectivity index (χ1n) is 7.44. The van der Waals surface area contributed by atoms with Crippen LogP contribution in [0.4, 0.5) is 9.93 Å². The molecule has 3 rings (SSSR count). The van der Waals surface area contributed by atoms with Crippen LogP contribution in [0.15, 0.2) is 30.5 Å². The molecule has 24 heavy (non-hydrogen) atoms. The Labute approximate surface area is 143 Å². The summed E-state index contributed by atoms with van der Waals surface area (Å²) < 4.78 is 0.949. The molecule has 2 amide bonds. The Balaban J connectivity index is 2.05. The van der Waals surface area contributed by atoms with Crippen LogP contribution >= 0.6 is 11.3 Å². The number of nitrogens with zero attached hydrogens (tertiary/aromatic N) is 3. The fourth-order valence-corrected chi connectivity index (χ4v) is 3.38. The molecule has 2 N–H and O–H groups in total. The van der Waals surface area contributed by atoms with Crippen LogP contribution in [-0.2, 0) is 0 Å². The van der Waals surface area contributed by atoms with Gasteiger partial charge in [0.1, 0.15) is 6.07 Å². The molecule has 0 unspecified atom stereocenters. The van der Waals surface area contributed by atoms with Crippen LogP contribution in [0.3, 0.4) is 0 Å². The average Bonchev–Trinajstić information content (AvgIpc) is 2.97. The molecule has 0 radical (unpaired) electrons. The van der Waals surface area contributed by atoms with Gasteiger partial charge < -0.3 is 5.32 Å². The van der Waals surface area contributed by atoms with E-state index in [1.54, 1.807) is 6.20 Å². The molecule has 0 bridgehead atoms. The second kappa shape index (κ2) is 6.64. The Morgan fingerprint density at radius 3 is 2.96 bits per heavy atom. The van der Waals surface area contributed by atoms with Crippen LogP contribution in [0.2, 0.25) is 0 Å². The van der Waals surface area contributed by atoms with Gasteiger partial charge >= 0.3 is 6.03 Å². The van der Waals surface area contributed by atoms with Crippen LogP contribution in [0, 0.1) is 18.3 Å². The third kappa shape index (κ3) is 3.05. The standard InChI is InChI=1S/C17H15N5OS/c1-3-19-16(23)22-17-21-13-6-4-5-12(15(13)24-17)14-10(2)7-11(8-18)9-20-14/h4-7,9H,3H2,1-2H3,(H2,19,21,22,23). The Morgan fingerprint density at radius 1 is 1.42 bits per heavy atom. The van der Waals surface area contributed by atoms with E-state index in [1.165, 1.54) is 11.3 Å². The molecule has 1 aromatic carbocycles. The van der Waals surface area contributed by atoms with Crippen LogP contribution < -0.4 is 10.6 Å². The third-order valence-corrected chi connectivity index (χ3v) is 4.46. The van der Waals surface area contributed by atoms with E-state index in [4.69, 9.17) is 5.26 Å². The van der Waals surface area contributed by atoms with E-state index in [0.717, 1.165) is 27.0 Å². The number of benzene rings is 1. The van der Waals surface area contributed by atoms with Gasteiger partial charge in [0, 0.05) is 18.3 Å². The highest BCUT2D eigenvalue weighted by atomic mass is 32.1. The molecule has 0 spiro atoms. The number of hydrogen-bond acceptors (Lipinski definition) is 5. The molecule has 7 heteroatoms. The van der Waals surface area contributed by atoms with Gasteiger partial charge in [-0.3, -0.25) is 10.3 Å². The van der Waals surface area contributed by atoms with Gasteiger partial charge in [0.2, 0.25) is 0 Å². The van der Waals surface area contributed by atoms with Crippen LogP contribution in [-0.4, -0.2) is 22.5 Å². The van der Waals surface area contributed by atoms with E-state index in [2.05, 4.69) is 26.7 Å². The highest BCUT2D eigenvalue weighted by Crippen LogP contribution is 2.35. The lowest BCUT2D eigenvalue weighted by Gasteiger charge is -2.06. The zero-order valence-electron chi connectivity index (χ0n) is 13.3. The molecule has 0 aliphatic heterocycles. The first-order valence-corrected chi connectivity index (χ1v) is 8.25. The second-order valence-corrected chi connectivity index (χ2v) is 6.16. The number of carbonyl (C=O) groups excluding carboxylic acids is 1. The monoisotopic (exact) mass is 337 g/mol. The predicted molar refractivity (Wildman–Crippen MR) is 95.0 cm³/mol. The fraction of sp³-hybridized carbons (Fsp3) is 0.176. The van der Waals surface area contributed by atoms with E-state index >= 15 is 0 Å². The maximum atomic E-state index is 11.7. The Hall–Kier alpha value is -2.98. The molecule has 0 fully saturated rings. The fourth-order valence-electron chi connectivity index (χ4n) is 2.41. The van der Waals surface area contributed by atoms with Crippen molar-refractivity contribution in [2.45, 2.75) is 13.8 Å². The highest BCUT2D eigenvalue weighted by Gasteiger charge is 2.13. The summed E-state index contributed by atoms with van der Waals surface area (Å²) in [5.74, 6) is 0. The van der Waals surface area contributed by atoms with Gasteiger partial charge in [-0.2, -0.15) is 5.26 Å². The average molecular weight is 337 g/mol. The van der Waals surface area contributed by atoms with E-state index < -0.39 is 0 Å². The maximum Gasteiger partial charge on any atom is 0.321 e. The van der Waals surface area contributed by atoms with Crippen molar-refractivity contribution in [3.63, 3.8) is 0 Å². The normalized spacial score (nSPS) is 10.4. The number of urea groups is 1. The van der Waals surface area contributed by atoms with Gasteiger partial charge in [0.25, 0.3) is 0 Å². The van der Waals surface area contributed by atoms with Gasteiger partial charge in [-0.15, -0.1) is 0 Å². The number of anilines is 1. The number of thiazole rings is 1. The smallest absolute Gasteiger partial charge is 0.321 e. The lowest BCUT2D eigenvalue weighted by atomic mass is 10.1. The van der Waals surface area contributed by atoms with Gasteiger partial charge in [-0.1, -0.05) is 23.5 Å². The number of carbonyl (C=O) groups is 1. The van der Waals surface area contributed by atoms with Crippen molar-refractivity contribution in [1.82, 2.24) is 15.3 Å². The van der Waals surface area contributed by atoms with E-state index in [1.807, 2.05) is 38.1 Å². The molecular formula is C17H15N5OS. The number of amides is 2. The Morgan fingerprint density at radius 2 is 2.25 bits per heavy atom. The molecule has 0 saturated heterocycles. The minimum atomic E-state index is -0.272. The zero-order valence-corrected chi connectivity index (χ0v) is 14.1. The van der Waals surface area contributed by atoms with Gasteiger partial charge in [0.05, 0.1) is 21.5 Å². The molecule has 3 aromatic rings. The second-order valence-electron chi connectivity index (χ2n) is 5.16. The van der Waals surface area contributed by atoms with Crippen molar-refractivity contribution in [2.24, 2.45) is 0 Å². The Bertz CT molecular complexity index is 957. The molecule has 0 atom stereocenters. The number of nitrogens with one attached hydrogen (secondary N) is 2. The predicted octanol–water partition coefficient (Wildman–Crippen LogP) is 3.68. The summed E-state index contributed by atoms with van der Waals surface area (Å²) in [6.07, 6.45) is 1.57. The molecule has 0 aliphatic rings. The summed E-state index contributed by atoms with van der Waals surface area (Å²) >= 11 is 1.40. The van der Waals surface area contributed by atoms with Crippen LogP contribution in [0.5, 0.6) is 0 Å². The highest BCUT2D eigenvalue weighted by molar-refractivity contribution is 7.22. The lowest BCUT2D eigenvalue weighted by molar-refractivity contribution is 0.252. The summed E-state index contributed by atoms with van der Waals surface area (Å²) in [6.45, 7) is 4.34. The number of aromatic nitrogens is 2. The van der Waals surface area contributed by atoms with Crippen molar-refractivity contribution >= 4 is 32.7 Å². The van der Waals surface area contributed by atoms with Gasteiger partial charge in [0.15, 0.2) is 5.13 Å². The first-order chi connectivity index (χ1) is 11.6. The number of fused-ring (bicyclic) bond motifs is 1. The maximum absolute atomic E-state index is 11.7. The molecule has 6 nitrogen and oxygen atoms in total. The number of hydrogen-bond donors (Lipinski definition) is 2. The number of nitriles is 1. The van der Waals surface area contributed by atoms with Crippen molar-refractivity contribution in [3.05, 3.63) is 41.6 Å². The molecule has 0 aliphatic carbocycles. The summed E-state index contributed by atoms with van der Waals surface area (Å²) in [5, 5.41) is 14.9. The van der Waals surface area contributed by atoms with E-state index in [9.17, 15) is 4.79 Å². The minimum Gasteiger partial charge on any atom is -0.338 e. The van der Waals surface area contributed by atoms with Gasteiger partial charge in [-0.05, 0) is 31.5 Å². The summed E-state index contributed by atoms with van der Waals surface area (Å²) in [6, 6.07) is 9.42. The summed E-state index contributed by atoms with van der Waals surface area (Å²) in [5.41, 5.74) is 4.01. The van der Waals surface area contributed by atoms with Crippen LogP contribution in [0.1, 0.15) is 18.1 Å². The van der Waals surface area contributed by atoms with Crippen molar-refractivity contribution in [1.29, 1.82) is 5.26 Å². The number of aryl methyl sites for hydroxylation is 1. The SMILES string of the molecule is CCNC(=O)Nc1nc2cccc(-c3ncc(C#N)cc3C)c2s1. The third-order valence-electron chi connectivity index (χ3n) is 3.44. The van der Waals surface area contributed by atoms with E-state index in [0.29, 0.717) is 17.2 Å². The largest absolute Gasteiger partial charge is 0.338 e. The Kier molecular flexibility index (Phi) is 4.40. The first kappa shape index (κ1) is 15.9. The van der Waals surface area contributed by atoms with Crippen molar-refractivity contribution < 1.29 is 4.79 Å². The lowest BCUT2D eigenvalue weighted by Crippen LogP contribution is -2.28.